The Morgan fingerprint density at radius 2 is 1.86 bits per heavy atom. The monoisotopic (exact) mass is 229 g/mol. The minimum absolute atomic E-state index is 0.387. The summed E-state index contributed by atoms with van der Waals surface area (Å²) in [6.45, 7) is 0.908. The molecule has 1 saturated carbocycles. The quantitative estimate of drug-likeness (QED) is 0.786. The van der Waals surface area contributed by atoms with Crippen LogP contribution in [0.4, 0.5) is 0 Å². The van der Waals surface area contributed by atoms with Crippen molar-refractivity contribution in [2.24, 2.45) is 0 Å². The summed E-state index contributed by atoms with van der Waals surface area (Å²) in [6, 6.07) is 8.54. The first-order valence-corrected chi connectivity index (χ1v) is 5.67. The minimum atomic E-state index is 0.387. The second kappa shape index (κ2) is 4.52. The molecule has 1 aliphatic carbocycles. The van der Waals surface area contributed by atoms with Crippen LogP contribution in [0.15, 0.2) is 24.3 Å². The highest BCUT2D eigenvalue weighted by atomic mass is 35.5. The zero-order chi connectivity index (χ0) is 9.97. The van der Waals surface area contributed by atoms with Crippen molar-refractivity contribution in [1.82, 2.24) is 5.32 Å². The molecule has 0 saturated heterocycles. The lowest BCUT2D eigenvalue weighted by Gasteiger charge is -2.31. The summed E-state index contributed by atoms with van der Waals surface area (Å²) >= 11 is 11.7. The Kier molecular flexibility index (Phi) is 3.32. The van der Waals surface area contributed by atoms with Crippen LogP contribution in [0.2, 0.25) is 5.02 Å². The Balaban J connectivity index is 1.78. The predicted octanol–water partition coefficient (Wildman–Crippen LogP) is 3.20. The highest BCUT2D eigenvalue weighted by molar-refractivity contribution is 6.30. The second-order valence-corrected chi connectivity index (χ2v) is 4.83. The van der Waals surface area contributed by atoms with E-state index in [9.17, 15) is 0 Å². The van der Waals surface area contributed by atoms with Crippen LogP contribution in [0.5, 0.6) is 0 Å². The van der Waals surface area contributed by atoms with Crippen LogP contribution in [-0.2, 0) is 6.54 Å². The van der Waals surface area contributed by atoms with Gasteiger partial charge in [-0.25, -0.2) is 0 Å². The average molecular weight is 230 g/mol. The molecule has 1 N–H and O–H groups in total. The maximum atomic E-state index is 5.89. The van der Waals surface area contributed by atoms with E-state index in [2.05, 4.69) is 5.32 Å². The third-order valence-electron chi connectivity index (χ3n) is 2.59. The molecule has 1 aromatic carbocycles. The first-order valence-electron chi connectivity index (χ1n) is 4.86. The van der Waals surface area contributed by atoms with Crippen molar-refractivity contribution in [2.45, 2.75) is 30.8 Å². The Bertz CT molecular complexity index is 291. The molecule has 2 rings (SSSR count). The normalized spacial score (nSPS) is 25.9. The van der Waals surface area contributed by atoms with Gasteiger partial charge in [0.1, 0.15) is 0 Å². The van der Waals surface area contributed by atoms with Crippen molar-refractivity contribution in [1.29, 1.82) is 0 Å². The summed E-state index contributed by atoms with van der Waals surface area (Å²) in [5.41, 5.74) is 1.27. The first kappa shape index (κ1) is 10.3. The lowest BCUT2D eigenvalue weighted by atomic mass is 9.92. The number of halogens is 2. The molecule has 0 bridgehead atoms. The molecule has 14 heavy (non-hydrogen) atoms. The van der Waals surface area contributed by atoms with Crippen LogP contribution >= 0.6 is 23.2 Å². The van der Waals surface area contributed by atoms with Crippen LogP contribution in [0.25, 0.3) is 0 Å². The first-order chi connectivity index (χ1) is 6.74. The van der Waals surface area contributed by atoms with E-state index < -0.39 is 0 Å². The van der Waals surface area contributed by atoms with Crippen molar-refractivity contribution in [3.05, 3.63) is 34.9 Å². The third kappa shape index (κ3) is 2.63. The van der Waals surface area contributed by atoms with Gasteiger partial charge in [-0.05, 0) is 30.5 Å². The molecule has 0 aliphatic heterocycles. The molecule has 1 nitrogen and oxygen atoms in total. The van der Waals surface area contributed by atoms with Crippen LogP contribution in [0.1, 0.15) is 18.4 Å². The number of rotatable bonds is 3. The topological polar surface area (TPSA) is 12.0 Å². The molecule has 0 heterocycles. The fraction of sp³-hybridized carbons (Fsp3) is 0.455. The molecule has 0 atom stereocenters. The number of hydrogen-bond donors (Lipinski definition) is 1. The summed E-state index contributed by atoms with van der Waals surface area (Å²) in [5.74, 6) is 0. The number of hydrogen-bond acceptors (Lipinski definition) is 1. The van der Waals surface area contributed by atoms with Gasteiger partial charge in [-0.3, -0.25) is 0 Å². The summed E-state index contributed by atoms with van der Waals surface area (Å²) in [7, 11) is 0. The van der Waals surface area contributed by atoms with Gasteiger partial charge < -0.3 is 5.32 Å². The molecular weight excluding hydrogens is 217 g/mol. The van der Waals surface area contributed by atoms with E-state index >= 15 is 0 Å². The van der Waals surface area contributed by atoms with Gasteiger partial charge in [0.15, 0.2) is 0 Å². The second-order valence-electron chi connectivity index (χ2n) is 3.77. The van der Waals surface area contributed by atoms with E-state index in [1.54, 1.807) is 0 Å². The highest BCUT2D eigenvalue weighted by Gasteiger charge is 2.26. The predicted molar refractivity (Wildman–Crippen MR) is 61.0 cm³/mol. The molecule has 1 fully saturated rings. The fourth-order valence-corrected chi connectivity index (χ4v) is 2.14. The van der Waals surface area contributed by atoms with Crippen molar-refractivity contribution < 1.29 is 0 Å². The molecule has 1 aromatic rings. The number of benzene rings is 1. The molecule has 0 amide bonds. The van der Waals surface area contributed by atoms with E-state index in [0.717, 1.165) is 24.4 Å². The van der Waals surface area contributed by atoms with Crippen LogP contribution in [-0.4, -0.2) is 11.4 Å². The standard InChI is InChI=1S/C11H13Cl2N/c12-9-3-1-8(2-4-9)7-14-11-5-10(13)6-11/h1-4,10-11,14H,5-7H2. The van der Waals surface area contributed by atoms with E-state index in [4.69, 9.17) is 23.2 Å². The zero-order valence-electron chi connectivity index (χ0n) is 7.84. The summed E-state index contributed by atoms with van der Waals surface area (Å²) in [5, 5.41) is 4.63. The van der Waals surface area contributed by atoms with Gasteiger partial charge in [0.05, 0.1) is 0 Å². The molecule has 1 aliphatic rings. The Hall–Kier alpha value is -0.240. The zero-order valence-corrected chi connectivity index (χ0v) is 9.35. The molecule has 0 aromatic heterocycles. The number of alkyl halides is 1. The molecular formula is C11H13Cl2N. The van der Waals surface area contributed by atoms with Crippen LogP contribution in [0, 0.1) is 0 Å². The van der Waals surface area contributed by atoms with E-state index in [1.165, 1.54) is 5.56 Å². The van der Waals surface area contributed by atoms with Crippen molar-refractivity contribution >= 4 is 23.2 Å². The van der Waals surface area contributed by atoms with E-state index in [-0.39, 0.29) is 0 Å². The summed E-state index contributed by atoms with van der Waals surface area (Å²) in [4.78, 5) is 0. The lowest BCUT2D eigenvalue weighted by molar-refractivity contribution is 0.345. The molecule has 0 spiro atoms. The Morgan fingerprint density at radius 3 is 2.43 bits per heavy atom. The minimum Gasteiger partial charge on any atom is -0.310 e. The maximum Gasteiger partial charge on any atom is 0.0406 e. The van der Waals surface area contributed by atoms with Gasteiger partial charge in [-0.2, -0.15) is 0 Å². The van der Waals surface area contributed by atoms with Gasteiger partial charge in [0.2, 0.25) is 0 Å². The van der Waals surface area contributed by atoms with Crippen LogP contribution < -0.4 is 5.32 Å². The van der Waals surface area contributed by atoms with Crippen molar-refractivity contribution in [3.8, 4) is 0 Å². The summed E-state index contributed by atoms with van der Waals surface area (Å²) < 4.78 is 0. The average Bonchev–Trinajstić information content (AvgIpc) is 2.13. The van der Waals surface area contributed by atoms with Gasteiger partial charge in [-0.1, -0.05) is 23.7 Å². The van der Waals surface area contributed by atoms with E-state index in [1.807, 2.05) is 24.3 Å². The van der Waals surface area contributed by atoms with Crippen molar-refractivity contribution in [3.63, 3.8) is 0 Å². The van der Waals surface area contributed by atoms with Crippen molar-refractivity contribution in [2.75, 3.05) is 0 Å². The van der Waals surface area contributed by atoms with E-state index in [0.29, 0.717) is 11.4 Å². The van der Waals surface area contributed by atoms with Gasteiger partial charge in [0.25, 0.3) is 0 Å². The largest absolute Gasteiger partial charge is 0.310 e. The van der Waals surface area contributed by atoms with Gasteiger partial charge >= 0.3 is 0 Å². The van der Waals surface area contributed by atoms with Gasteiger partial charge in [-0.15, -0.1) is 11.6 Å². The smallest absolute Gasteiger partial charge is 0.0406 e. The SMILES string of the molecule is Clc1ccc(CNC2CC(Cl)C2)cc1. The molecule has 76 valence electrons. The lowest BCUT2D eigenvalue weighted by Crippen LogP contribution is -2.41. The highest BCUT2D eigenvalue weighted by Crippen LogP contribution is 2.25. The Morgan fingerprint density at radius 1 is 1.21 bits per heavy atom. The van der Waals surface area contributed by atoms with Crippen LogP contribution in [0.3, 0.4) is 0 Å². The Labute approximate surface area is 94.4 Å². The van der Waals surface area contributed by atoms with Gasteiger partial charge in [0, 0.05) is 23.0 Å². The molecule has 0 unspecified atom stereocenters. The molecule has 0 radical (unpaired) electrons. The maximum absolute atomic E-state index is 5.89. The number of nitrogens with one attached hydrogen (secondary N) is 1. The summed E-state index contributed by atoms with van der Waals surface area (Å²) in [6.07, 6.45) is 2.18. The molecule has 3 heteroatoms. The third-order valence-corrected chi connectivity index (χ3v) is 3.20. The fourth-order valence-electron chi connectivity index (χ4n) is 1.58.